The average molecular weight is 365 g/mol. The van der Waals surface area contributed by atoms with Crippen LogP contribution in [0.5, 0.6) is 5.75 Å². The quantitative estimate of drug-likeness (QED) is 0.799. The van der Waals surface area contributed by atoms with Crippen LogP contribution >= 0.6 is 0 Å². The number of rotatable bonds is 6. The van der Waals surface area contributed by atoms with Crippen molar-refractivity contribution in [2.45, 2.75) is 19.3 Å². The van der Waals surface area contributed by atoms with E-state index in [0.29, 0.717) is 6.42 Å². The minimum atomic E-state index is 0.100. The van der Waals surface area contributed by atoms with E-state index >= 15 is 0 Å². The number of benzene rings is 2. The molecule has 2 aliphatic heterocycles. The number of hydrogen-bond acceptors (Lipinski definition) is 4. The topological polar surface area (TPSA) is 44.8 Å². The zero-order chi connectivity index (χ0) is 18.5. The summed E-state index contributed by atoms with van der Waals surface area (Å²) in [5.74, 6) is 1.00. The number of para-hydroxylation sites is 1. The summed E-state index contributed by atoms with van der Waals surface area (Å²) in [6, 6.07) is 16.6. The van der Waals surface area contributed by atoms with Crippen LogP contribution < -0.4 is 15.0 Å². The zero-order valence-corrected chi connectivity index (χ0v) is 15.7. The SMILES string of the molecule is O=C1CCc2cc(OCCCN3CCN(c4ccccc4)CC3)ccc2N1. The molecular weight excluding hydrogens is 338 g/mol. The maximum Gasteiger partial charge on any atom is 0.224 e. The Kier molecular flexibility index (Phi) is 5.58. The number of carbonyl (C=O) groups excluding carboxylic acids is 1. The molecule has 1 N–H and O–H groups in total. The lowest BCUT2D eigenvalue weighted by Crippen LogP contribution is -2.46. The van der Waals surface area contributed by atoms with Crippen LogP contribution in [0.15, 0.2) is 48.5 Å². The number of nitrogens with one attached hydrogen (secondary N) is 1. The second-order valence-corrected chi connectivity index (χ2v) is 7.23. The number of amides is 1. The molecule has 1 amide bonds. The largest absolute Gasteiger partial charge is 0.494 e. The molecule has 1 saturated heterocycles. The number of nitrogens with zero attached hydrogens (tertiary/aromatic N) is 2. The first-order valence-electron chi connectivity index (χ1n) is 9.86. The molecule has 2 aliphatic rings. The molecule has 27 heavy (non-hydrogen) atoms. The van der Waals surface area contributed by atoms with Crippen molar-refractivity contribution >= 4 is 17.3 Å². The number of piperazine rings is 1. The van der Waals surface area contributed by atoms with Gasteiger partial charge in [-0.2, -0.15) is 0 Å². The molecule has 4 rings (SSSR count). The highest BCUT2D eigenvalue weighted by atomic mass is 16.5. The van der Waals surface area contributed by atoms with Gasteiger partial charge in [0, 0.05) is 50.5 Å². The molecule has 2 aromatic carbocycles. The lowest BCUT2D eigenvalue weighted by molar-refractivity contribution is -0.116. The minimum Gasteiger partial charge on any atom is -0.494 e. The van der Waals surface area contributed by atoms with Gasteiger partial charge in [0.05, 0.1) is 6.61 Å². The van der Waals surface area contributed by atoms with Gasteiger partial charge in [0.1, 0.15) is 5.75 Å². The van der Waals surface area contributed by atoms with Crippen molar-refractivity contribution in [2.24, 2.45) is 0 Å². The summed E-state index contributed by atoms with van der Waals surface area (Å²) >= 11 is 0. The van der Waals surface area contributed by atoms with Crippen LogP contribution in [0.2, 0.25) is 0 Å². The van der Waals surface area contributed by atoms with Crippen molar-refractivity contribution in [3.63, 3.8) is 0 Å². The standard InChI is InChI=1S/C22H27N3O2/c26-22-10-7-18-17-20(8-9-21(18)23-22)27-16-4-11-24-12-14-25(15-13-24)19-5-2-1-3-6-19/h1-3,5-6,8-9,17H,4,7,10-16H2,(H,23,26). The van der Waals surface area contributed by atoms with Crippen molar-refractivity contribution in [1.29, 1.82) is 0 Å². The summed E-state index contributed by atoms with van der Waals surface area (Å²) in [7, 11) is 0. The van der Waals surface area contributed by atoms with Gasteiger partial charge in [0.2, 0.25) is 5.91 Å². The molecule has 0 bridgehead atoms. The Balaban J connectivity index is 1.17. The second-order valence-electron chi connectivity index (χ2n) is 7.23. The number of ether oxygens (including phenoxy) is 1. The maximum atomic E-state index is 11.4. The fourth-order valence-electron chi connectivity index (χ4n) is 3.80. The minimum absolute atomic E-state index is 0.100. The summed E-state index contributed by atoms with van der Waals surface area (Å²) in [6.07, 6.45) is 2.38. The molecule has 142 valence electrons. The highest BCUT2D eigenvalue weighted by Gasteiger charge is 2.17. The molecule has 0 saturated carbocycles. The first-order valence-corrected chi connectivity index (χ1v) is 9.86. The fourth-order valence-corrected chi connectivity index (χ4v) is 3.80. The molecule has 0 atom stereocenters. The number of hydrogen-bond donors (Lipinski definition) is 1. The summed E-state index contributed by atoms with van der Waals surface area (Å²) < 4.78 is 5.93. The van der Waals surface area contributed by atoms with E-state index in [4.69, 9.17) is 4.74 Å². The van der Waals surface area contributed by atoms with E-state index in [-0.39, 0.29) is 5.91 Å². The number of fused-ring (bicyclic) bond motifs is 1. The van der Waals surface area contributed by atoms with Gasteiger partial charge in [-0.25, -0.2) is 0 Å². The maximum absolute atomic E-state index is 11.4. The lowest BCUT2D eigenvalue weighted by atomic mass is 10.0. The van der Waals surface area contributed by atoms with Gasteiger partial charge in [-0.3, -0.25) is 9.69 Å². The second kappa shape index (κ2) is 8.44. The van der Waals surface area contributed by atoms with Crippen LogP contribution in [-0.4, -0.2) is 50.1 Å². The van der Waals surface area contributed by atoms with Gasteiger partial charge in [0.25, 0.3) is 0 Å². The van der Waals surface area contributed by atoms with E-state index in [1.165, 1.54) is 11.3 Å². The number of carbonyl (C=O) groups is 1. The predicted octanol–water partition coefficient (Wildman–Crippen LogP) is 3.16. The Bertz CT molecular complexity index is 770. The van der Waals surface area contributed by atoms with Gasteiger partial charge in [-0.15, -0.1) is 0 Å². The van der Waals surface area contributed by atoms with Gasteiger partial charge in [-0.05, 0) is 48.7 Å². The van der Waals surface area contributed by atoms with Crippen molar-refractivity contribution in [2.75, 3.05) is 49.5 Å². The first kappa shape index (κ1) is 17.9. The molecule has 1 fully saturated rings. The Morgan fingerprint density at radius 2 is 1.78 bits per heavy atom. The number of anilines is 2. The number of aryl methyl sites for hydroxylation is 1. The van der Waals surface area contributed by atoms with E-state index in [0.717, 1.165) is 63.6 Å². The smallest absolute Gasteiger partial charge is 0.224 e. The third-order valence-electron chi connectivity index (χ3n) is 5.35. The van der Waals surface area contributed by atoms with Crippen LogP contribution in [0.4, 0.5) is 11.4 Å². The Hall–Kier alpha value is -2.53. The third-order valence-corrected chi connectivity index (χ3v) is 5.35. The molecule has 0 spiro atoms. The lowest BCUT2D eigenvalue weighted by Gasteiger charge is -2.36. The monoisotopic (exact) mass is 365 g/mol. The van der Waals surface area contributed by atoms with Crippen molar-refractivity contribution < 1.29 is 9.53 Å². The van der Waals surface area contributed by atoms with E-state index < -0.39 is 0 Å². The summed E-state index contributed by atoms with van der Waals surface area (Å²) in [5, 5.41) is 2.91. The van der Waals surface area contributed by atoms with Crippen LogP contribution in [-0.2, 0) is 11.2 Å². The van der Waals surface area contributed by atoms with Gasteiger partial charge in [0.15, 0.2) is 0 Å². The predicted molar refractivity (Wildman–Crippen MR) is 109 cm³/mol. The molecular formula is C22H27N3O2. The molecule has 0 aliphatic carbocycles. The highest BCUT2D eigenvalue weighted by molar-refractivity contribution is 5.93. The molecule has 2 aromatic rings. The Morgan fingerprint density at radius 1 is 0.963 bits per heavy atom. The average Bonchev–Trinajstić information content (AvgIpc) is 2.72. The third kappa shape index (κ3) is 4.61. The van der Waals surface area contributed by atoms with Crippen LogP contribution in [0, 0.1) is 0 Å². The van der Waals surface area contributed by atoms with E-state index in [2.05, 4.69) is 51.5 Å². The summed E-state index contributed by atoms with van der Waals surface area (Å²) in [6.45, 7) is 6.18. The Labute approximate surface area is 160 Å². The molecule has 0 aromatic heterocycles. The molecule has 2 heterocycles. The van der Waals surface area contributed by atoms with Crippen molar-refractivity contribution in [1.82, 2.24) is 4.90 Å². The van der Waals surface area contributed by atoms with Gasteiger partial charge in [-0.1, -0.05) is 18.2 Å². The first-order chi connectivity index (χ1) is 13.3. The molecule has 5 nitrogen and oxygen atoms in total. The zero-order valence-electron chi connectivity index (χ0n) is 15.7. The van der Waals surface area contributed by atoms with Crippen molar-refractivity contribution in [3.8, 4) is 5.75 Å². The van der Waals surface area contributed by atoms with E-state index in [9.17, 15) is 4.79 Å². The Morgan fingerprint density at radius 3 is 2.59 bits per heavy atom. The summed E-state index contributed by atoms with van der Waals surface area (Å²) in [4.78, 5) is 16.4. The van der Waals surface area contributed by atoms with Crippen molar-refractivity contribution in [3.05, 3.63) is 54.1 Å². The van der Waals surface area contributed by atoms with Gasteiger partial charge < -0.3 is 15.0 Å². The highest BCUT2D eigenvalue weighted by Crippen LogP contribution is 2.26. The molecule has 5 heteroatoms. The van der Waals surface area contributed by atoms with E-state index in [1.54, 1.807) is 0 Å². The van der Waals surface area contributed by atoms with Gasteiger partial charge >= 0.3 is 0 Å². The van der Waals surface area contributed by atoms with E-state index in [1.807, 2.05) is 12.1 Å². The summed E-state index contributed by atoms with van der Waals surface area (Å²) in [5.41, 5.74) is 3.42. The van der Waals surface area contributed by atoms with Crippen LogP contribution in [0.3, 0.4) is 0 Å². The van der Waals surface area contributed by atoms with Crippen LogP contribution in [0.25, 0.3) is 0 Å². The molecule has 0 radical (unpaired) electrons. The molecule has 0 unspecified atom stereocenters. The van der Waals surface area contributed by atoms with Crippen LogP contribution in [0.1, 0.15) is 18.4 Å². The fraction of sp³-hybridized carbons (Fsp3) is 0.409. The normalized spacial score (nSPS) is 17.3.